The Kier molecular flexibility index (Phi) is 5.45. The smallest absolute Gasteiger partial charge is 0.302 e. The number of rotatable bonds is 6. The van der Waals surface area contributed by atoms with Crippen molar-refractivity contribution in [3.8, 4) is 0 Å². The number of carbonyl (C=O) groups is 1. The Bertz CT molecular complexity index is 159. The lowest BCUT2D eigenvalue weighted by Crippen LogP contribution is -2.36. The normalized spacial score (nSPS) is 11.4. The molecule has 0 heterocycles. The van der Waals surface area contributed by atoms with Crippen LogP contribution in [-0.2, 0) is 14.5 Å². The lowest BCUT2D eigenvalue weighted by atomic mass is 9.94. The fourth-order valence-electron chi connectivity index (χ4n) is 0.602. The minimum Gasteiger partial charge on any atom is -0.465 e. The van der Waals surface area contributed by atoms with E-state index in [9.17, 15) is 18.1 Å². The van der Waals surface area contributed by atoms with E-state index < -0.39 is 37.9 Å². The molecule has 0 aliphatic heterocycles. The van der Waals surface area contributed by atoms with Gasteiger partial charge in [0.15, 0.2) is 0 Å². The molecule has 0 amide bonds. The van der Waals surface area contributed by atoms with Crippen LogP contribution in [0.25, 0.3) is 0 Å². The zero-order valence-electron chi connectivity index (χ0n) is 7.19. The molecular formula is C7H11F3O3. The minimum atomic E-state index is -1.71. The van der Waals surface area contributed by atoms with Gasteiger partial charge in [-0.25, -0.2) is 0 Å². The number of hydrogen-bond acceptors (Lipinski definition) is 3. The molecule has 0 saturated heterocycles. The van der Waals surface area contributed by atoms with Crippen LogP contribution in [0.2, 0.25) is 0 Å². The molecule has 3 nitrogen and oxygen atoms in total. The van der Waals surface area contributed by atoms with Crippen LogP contribution < -0.4 is 0 Å². The number of halogens is 3. The molecule has 0 atom stereocenters. The molecule has 0 aromatic carbocycles. The SMILES string of the molecule is CC(=O)OCC(CF)(CF)COF. The van der Waals surface area contributed by atoms with E-state index in [4.69, 9.17) is 0 Å². The molecule has 0 radical (unpaired) electrons. The predicted octanol–water partition coefficient (Wildman–Crippen LogP) is 1.38. The number of esters is 1. The fourth-order valence-corrected chi connectivity index (χ4v) is 0.602. The Morgan fingerprint density at radius 1 is 1.31 bits per heavy atom. The molecule has 6 heteroatoms. The first kappa shape index (κ1) is 12.2. The van der Waals surface area contributed by atoms with Gasteiger partial charge in [0.1, 0.15) is 26.6 Å². The van der Waals surface area contributed by atoms with Crippen molar-refractivity contribution in [2.75, 3.05) is 26.6 Å². The van der Waals surface area contributed by atoms with Crippen molar-refractivity contribution >= 4 is 5.97 Å². The van der Waals surface area contributed by atoms with Crippen molar-refractivity contribution in [3.05, 3.63) is 0 Å². The average Bonchev–Trinajstić information content (AvgIpc) is 2.12. The van der Waals surface area contributed by atoms with Gasteiger partial charge in [-0.1, -0.05) is 0 Å². The molecule has 0 saturated carbocycles. The summed E-state index contributed by atoms with van der Waals surface area (Å²) >= 11 is 0. The van der Waals surface area contributed by atoms with E-state index in [-0.39, 0.29) is 0 Å². The Hall–Kier alpha value is -0.780. The van der Waals surface area contributed by atoms with Gasteiger partial charge in [0.2, 0.25) is 0 Å². The molecule has 0 aromatic rings. The van der Waals surface area contributed by atoms with Gasteiger partial charge >= 0.3 is 5.97 Å². The quantitative estimate of drug-likeness (QED) is 0.607. The highest BCUT2D eigenvalue weighted by Gasteiger charge is 2.33. The maximum Gasteiger partial charge on any atom is 0.302 e. The number of ether oxygens (including phenoxy) is 1. The van der Waals surface area contributed by atoms with Crippen molar-refractivity contribution in [2.45, 2.75) is 6.92 Å². The monoisotopic (exact) mass is 200 g/mol. The number of hydrogen-bond donors (Lipinski definition) is 0. The van der Waals surface area contributed by atoms with Gasteiger partial charge in [-0.15, -0.1) is 0 Å². The van der Waals surface area contributed by atoms with E-state index in [0.29, 0.717) is 0 Å². The lowest BCUT2D eigenvalue weighted by Gasteiger charge is -2.24. The van der Waals surface area contributed by atoms with E-state index in [1.54, 1.807) is 0 Å². The maximum atomic E-state index is 12.3. The first-order valence-corrected chi connectivity index (χ1v) is 3.59. The van der Waals surface area contributed by atoms with E-state index in [1.807, 2.05) is 0 Å². The van der Waals surface area contributed by atoms with Crippen molar-refractivity contribution < 1.29 is 27.8 Å². The second-order valence-electron chi connectivity index (χ2n) is 2.80. The van der Waals surface area contributed by atoms with Crippen LogP contribution in [0.15, 0.2) is 0 Å². The molecule has 0 aliphatic rings. The predicted molar refractivity (Wildman–Crippen MR) is 38.1 cm³/mol. The summed E-state index contributed by atoms with van der Waals surface area (Å²) in [5, 5.41) is 0. The van der Waals surface area contributed by atoms with Crippen LogP contribution in [0.4, 0.5) is 13.3 Å². The van der Waals surface area contributed by atoms with Crippen molar-refractivity contribution in [2.24, 2.45) is 5.41 Å². The standard InChI is InChI=1S/C7H11F3O3/c1-6(11)12-4-7(2-8,3-9)5-13-10/h2-5H2,1H3. The molecule has 0 N–H and O–H groups in total. The summed E-state index contributed by atoms with van der Waals surface area (Å²) in [6.07, 6.45) is 0. The summed E-state index contributed by atoms with van der Waals surface area (Å²) < 4.78 is 40.3. The van der Waals surface area contributed by atoms with Crippen molar-refractivity contribution in [1.29, 1.82) is 0 Å². The summed E-state index contributed by atoms with van der Waals surface area (Å²) in [6.45, 7) is -2.51. The highest BCUT2D eigenvalue weighted by atomic mass is 19.3. The van der Waals surface area contributed by atoms with Crippen LogP contribution in [0.1, 0.15) is 6.92 Å². The molecule has 0 rings (SSSR count). The zero-order chi connectivity index (χ0) is 10.3. The Morgan fingerprint density at radius 2 is 1.85 bits per heavy atom. The van der Waals surface area contributed by atoms with Crippen LogP contribution in [-0.4, -0.2) is 32.5 Å². The summed E-state index contributed by atoms with van der Waals surface area (Å²) in [5.41, 5.74) is -1.71. The zero-order valence-corrected chi connectivity index (χ0v) is 7.19. The van der Waals surface area contributed by atoms with Gasteiger partial charge in [-0.05, 0) is 4.53 Å². The Morgan fingerprint density at radius 3 is 2.15 bits per heavy atom. The maximum absolute atomic E-state index is 12.3. The molecule has 0 fully saturated rings. The van der Waals surface area contributed by atoms with Crippen LogP contribution in [0.3, 0.4) is 0 Å². The van der Waals surface area contributed by atoms with Crippen LogP contribution in [0, 0.1) is 5.41 Å². The largest absolute Gasteiger partial charge is 0.465 e. The van der Waals surface area contributed by atoms with Gasteiger partial charge in [0, 0.05) is 6.92 Å². The second-order valence-corrected chi connectivity index (χ2v) is 2.80. The summed E-state index contributed by atoms with van der Waals surface area (Å²) in [6, 6.07) is 0. The molecule has 0 aromatic heterocycles. The fraction of sp³-hybridized carbons (Fsp3) is 0.857. The van der Waals surface area contributed by atoms with E-state index in [1.165, 1.54) is 0 Å². The van der Waals surface area contributed by atoms with Crippen molar-refractivity contribution in [1.82, 2.24) is 0 Å². The first-order chi connectivity index (χ1) is 6.10. The Labute approximate surface area is 73.7 Å². The molecule has 0 bridgehead atoms. The second kappa shape index (κ2) is 5.80. The summed E-state index contributed by atoms with van der Waals surface area (Å²) in [4.78, 5) is 13.5. The molecule has 13 heavy (non-hydrogen) atoms. The number of carbonyl (C=O) groups excluding carboxylic acids is 1. The van der Waals surface area contributed by atoms with Gasteiger partial charge in [0.05, 0.1) is 5.41 Å². The molecule has 78 valence electrons. The van der Waals surface area contributed by atoms with Crippen LogP contribution >= 0.6 is 0 Å². The van der Waals surface area contributed by atoms with Gasteiger partial charge in [-0.3, -0.25) is 13.6 Å². The molecule has 0 unspecified atom stereocenters. The summed E-state index contributed by atoms with van der Waals surface area (Å²) in [7, 11) is 0. The van der Waals surface area contributed by atoms with E-state index in [0.717, 1.165) is 6.92 Å². The van der Waals surface area contributed by atoms with E-state index >= 15 is 0 Å². The van der Waals surface area contributed by atoms with Crippen LogP contribution in [0.5, 0.6) is 0 Å². The number of alkyl halides is 2. The molecular weight excluding hydrogens is 189 g/mol. The highest BCUT2D eigenvalue weighted by Crippen LogP contribution is 2.20. The Balaban J connectivity index is 4.12. The summed E-state index contributed by atoms with van der Waals surface area (Å²) in [5.74, 6) is -0.676. The lowest BCUT2D eigenvalue weighted by molar-refractivity contribution is -0.183. The highest BCUT2D eigenvalue weighted by molar-refractivity contribution is 5.65. The minimum absolute atomic E-state index is 0.529. The van der Waals surface area contributed by atoms with E-state index in [2.05, 4.69) is 9.68 Å². The molecule has 0 aliphatic carbocycles. The topological polar surface area (TPSA) is 35.5 Å². The third-order valence-corrected chi connectivity index (χ3v) is 1.51. The third-order valence-electron chi connectivity index (χ3n) is 1.51. The average molecular weight is 200 g/mol. The van der Waals surface area contributed by atoms with Gasteiger partial charge in [-0.2, -0.15) is 4.94 Å². The first-order valence-electron chi connectivity index (χ1n) is 3.59. The van der Waals surface area contributed by atoms with Crippen molar-refractivity contribution in [3.63, 3.8) is 0 Å². The third kappa shape index (κ3) is 4.12. The van der Waals surface area contributed by atoms with Gasteiger partial charge in [0.25, 0.3) is 0 Å². The molecule has 0 spiro atoms. The van der Waals surface area contributed by atoms with Gasteiger partial charge < -0.3 is 4.74 Å².